The summed E-state index contributed by atoms with van der Waals surface area (Å²) in [5.41, 5.74) is 3.67. The van der Waals surface area contributed by atoms with Gasteiger partial charge in [0.2, 0.25) is 0 Å². The fourth-order valence-corrected chi connectivity index (χ4v) is 2.71. The van der Waals surface area contributed by atoms with E-state index in [4.69, 9.17) is 0 Å². The predicted octanol–water partition coefficient (Wildman–Crippen LogP) is 4.51. The number of rotatable bonds is 4. The molecule has 0 saturated heterocycles. The summed E-state index contributed by atoms with van der Waals surface area (Å²) >= 11 is 1.70. The van der Waals surface area contributed by atoms with E-state index in [1.165, 1.54) is 24.0 Å². The molecule has 0 atom stereocenters. The minimum atomic E-state index is 0.585. The van der Waals surface area contributed by atoms with Crippen LogP contribution in [0.3, 0.4) is 0 Å². The van der Waals surface area contributed by atoms with Gasteiger partial charge in [-0.05, 0) is 24.3 Å². The first kappa shape index (κ1) is 11.7. The molecular weight excluding hydrogens is 240 g/mol. The van der Waals surface area contributed by atoms with Crippen LogP contribution in [0, 0.1) is 0 Å². The molecule has 1 aliphatic rings. The molecule has 1 aliphatic carbocycles. The summed E-state index contributed by atoms with van der Waals surface area (Å²) in [5.74, 6) is 0.585. The van der Waals surface area contributed by atoms with Gasteiger partial charge in [0.1, 0.15) is 0 Å². The molecule has 0 radical (unpaired) electrons. The highest BCUT2D eigenvalue weighted by Crippen LogP contribution is 2.30. The number of nitrogens with zero attached hydrogens (tertiary/aromatic N) is 1. The molecule has 2 nitrogen and oxygen atoms in total. The summed E-state index contributed by atoms with van der Waals surface area (Å²) in [6, 6.07) is 9.42. The van der Waals surface area contributed by atoms with E-state index in [1.54, 1.807) is 11.3 Å². The lowest BCUT2D eigenvalue weighted by atomic mass is 10.0. The summed E-state index contributed by atoms with van der Waals surface area (Å²) in [6.45, 7) is 4.44. The van der Waals surface area contributed by atoms with Gasteiger partial charge in [0.25, 0.3) is 0 Å². The molecule has 0 unspecified atom stereocenters. The van der Waals surface area contributed by atoms with E-state index in [0.29, 0.717) is 12.0 Å². The lowest BCUT2D eigenvalue weighted by Crippen LogP contribution is -1.99. The van der Waals surface area contributed by atoms with Gasteiger partial charge in [0.15, 0.2) is 5.13 Å². The van der Waals surface area contributed by atoms with Gasteiger partial charge < -0.3 is 5.32 Å². The van der Waals surface area contributed by atoms with Crippen LogP contribution in [-0.4, -0.2) is 11.0 Å². The third-order valence-corrected chi connectivity index (χ3v) is 4.06. The Morgan fingerprint density at radius 3 is 2.56 bits per heavy atom. The molecule has 1 fully saturated rings. The number of thiazole rings is 1. The third-order valence-electron chi connectivity index (χ3n) is 3.28. The molecule has 3 rings (SSSR count). The zero-order valence-corrected chi connectivity index (χ0v) is 11.6. The summed E-state index contributed by atoms with van der Waals surface area (Å²) in [4.78, 5) is 4.64. The molecule has 1 aromatic carbocycles. The van der Waals surface area contributed by atoms with Crippen molar-refractivity contribution >= 4 is 16.5 Å². The van der Waals surface area contributed by atoms with Crippen LogP contribution < -0.4 is 5.32 Å². The molecule has 18 heavy (non-hydrogen) atoms. The normalized spacial score (nSPS) is 15.1. The van der Waals surface area contributed by atoms with Crippen molar-refractivity contribution in [2.45, 2.75) is 38.6 Å². The average molecular weight is 258 g/mol. The first-order valence-corrected chi connectivity index (χ1v) is 7.43. The lowest BCUT2D eigenvalue weighted by Gasteiger charge is -2.05. The second-order valence-corrected chi connectivity index (χ2v) is 6.09. The van der Waals surface area contributed by atoms with E-state index in [1.807, 2.05) is 0 Å². The first-order chi connectivity index (χ1) is 8.72. The topological polar surface area (TPSA) is 24.9 Å². The Bertz CT molecular complexity index is 524. The fourth-order valence-electron chi connectivity index (χ4n) is 1.91. The molecule has 3 heteroatoms. The Balaban J connectivity index is 1.78. The maximum absolute atomic E-state index is 4.64. The van der Waals surface area contributed by atoms with Crippen molar-refractivity contribution in [1.82, 2.24) is 4.98 Å². The predicted molar refractivity (Wildman–Crippen MR) is 78.3 cm³/mol. The van der Waals surface area contributed by atoms with Crippen molar-refractivity contribution in [2.24, 2.45) is 0 Å². The maximum Gasteiger partial charge on any atom is 0.183 e. The molecule has 1 saturated carbocycles. The minimum Gasteiger partial charge on any atom is -0.359 e. The molecule has 1 heterocycles. The molecule has 1 aromatic heterocycles. The SMILES string of the molecule is CC(C)c1ccc(-c2csc(NC3CC3)n2)cc1. The highest BCUT2D eigenvalue weighted by Gasteiger charge is 2.22. The molecule has 0 spiro atoms. The number of aromatic nitrogens is 1. The summed E-state index contributed by atoms with van der Waals surface area (Å²) < 4.78 is 0. The minimum absolute atomic E-state index is 0.585. The summed E-state index contributed by atoms with van der Waals surface area (Å²) in [7, 11) is 0. The number of benzene rings is 1. The Hall–Kier alpha value is -1.35. The first-order valence-electron chi connectivity index (χ1n) is 6.55. The van der Waals surface area contributed by atoms with Gasteiger partial charge in [0, 0.05) is 17.0 Å². The van der Waals surface area contributed by atoms with Crippen molar-refractivity contribution in [2.75, 3.05) is 5.32 Å². The van der Waals surface area contributed by atoms with Gasteiger partial charge >= 0.3 is 0 Å². The van der Waals surface area contributed by atoms with Crippen LogP contribution in [-0.2, 0) is 0 Å². The van der Waals surface area contributed by atoms with Gasteiger partial charge in [-0.3, -0.25) is 0 Å². The molecular formula is C15H18N2S. The monoisotopic (exact) mass is 258 g/mol. The van der Waals surface area contributed by atoms with Crippen molar-refractivity contribution < 1.29 is 0 Å². The van der Waals surface area contributed by atoms with Gasteiger partial charge in [0.05, 0.1) is 5.69 Å². The Labute approximate surface area is 112 Å². The summed E-state index contributed by atoms with van der Waals surface area (Å²) in [6.07, 6.45) is 2.58. The van der Waals surface area contributed by atoms with Crippen LogP contribution in [0.5, 0.6) is 0 Å². The second kappa shape index (κ2) is 4.73. The van der Waals surface area contributed by atoms with Crippen LogP contribution >= 0.6 is 11.3 Å². The fraction of sp³-hybridized carbons (Fsp3) is 0.400. The van der Waals surface area contributed by atoms with E-state index < -0.39 is 0 Å². The largest absolute Gasteiger partial charge is 0.359 e. The van der Waals surface area contributed by atoms with E-state index >= 15 is 0 Å². The Kier molecular flexibility index (Phi) is 3.08. The zero-order chi connectivity index (χ0) is 12.5. The van der Waals surface area contributed by atoms with Gasteiger partial charge in [-0.15, -0.1) is 11.3 Å². The summed E-state index contributed by atoms with van der Waals surface area (Å²) in [5, 5.41) is 6.63. The van der Waals surface area contributed by atoms with Crippen LogP contribution in [0.2, 0.25) is 0 Å². The third kappa shape index (κ3) is 2.56. The maximum atomic E-state index is 4.64. The van der Waals surface area contributed by atoms with Gasteiger partial charge in [-0.25, -0.2) is 4.98 Å². The van der Waals surface area contributed by atoms with E-state index in [-0.39, 0.29) is 0 Å². The smallest absolute Gasteiger partial charge is 0.183 e. The average Bonchev–Trinajstić information content (AvgIpc) is 3.05. The molecule has 0 bridgehead atoms. The van der Waals surface area contributed by atoms with Crippen LogP contribution in [0.25, 0.3) is 11.3 Å². The molecule has 0 aliphatic heterocycles. The molecule has 2 aromatic rings. The second-order valence-electron chi connectivity index (χ2n) is 5.23. The van der Waals surface area contributed by atoms with Crippen molar-refractivity contribution in [3.05, 3.63) is 35.2 Å². The number of anilines is 1. The van der Waals surface area contributed by atoms with Crippen LogP contribution in [0.4, 0.5) is 5.13 Å². The van der Waals surface area contributed by atoms with Crippen molar-refractivity contribution in [3.63, 3.8) is 0 Å². The number of hydrogen-bond acceptors (Lipinski definition) is 3. The number of hydrogen-bond donors (Lipinski definition) is 1. The molecule has 94 valence electrons. The van der Waals surface area contributed by atoms with Gasteiger partial charge in [-0.2, -0.15) is 0 Å². The van der Waals surface area contributed by atoms with Gasteiger partial charge in [-0.1, -0.05) is 38.1 Å². The highest BCUT2D eigenvalue weighted by atomic mass is 32.1. The highest BCUT2D eigenvalue weighted by molar-refractivity contribution is 7.14. The van der Waals surface area contributed by atoms with Crippen molar-refractivity contribution in [1.29, 1.82) is 0 Å². The zero-order valence-electron chi connectivity index (χ0n) is 10.8. The van der Waals surface area contributed by atoms with Crippen molar-refractivity contribution in [3.8, 4) is 11.3 Å². The molecule has 0 amide bonds. The quantitative estimate of drug-likeness (QED) is 0.873. The lowest BCUT2D eigenvalue weighted by molar-refractivity contribution is 0.867. The van der Waals surface area contributed by atoms with Crippen LogP contribution in [0.15, 0.2) is 29.6 Å². The Morgan fingerprint density at radius 1 is 1.22 bits per heavy atom. The van der Waals surface area contributed by atoms with E-state index in [9.17, 15) is 0 Å². The van der Waals surface area contributed by atoms with E-state index in [2.05, 4.69) is 53.8 Å². The molecule has 1 N–H and O–H groups in total. The van der Waals surface area contributed by atoms with Crippen LogP contribution in [0.1, 0.15) is 38.2 Å². The standard InChI is InChI=1S/C15H18N2S/c1-10(2)11-3-5-12(6-4-11)14-9-18-15(17-14)16-13-7-8-13/h3-6,9-10,13H,7-8H2,1-2H3,(H,16,17). The number of nitrogens with one attached hydrogen (secondary N) is 1. The van der Waals surface area contributed by atoms with E-state index in [0.717, 1.165) is 10.8 Å². The Morgan fingerprint density at radius 2 is 1.94 bits per heavy atom.